The van der Waals surface area contributed by atoms with Crippen molar-refractivity contribution in [1.82, 2.24) is 20.9 Å². The Morgan fingerprint density at radius 1 is 0.476 bits per heavy atom. The minimum absolute atomic E-state index is 0.00361. The van der Waals surface area contributed by atoms with Crippen molar-refractivity contribution in [3.8, 4) is 0 Å². The third kappa shape index (κ3) is 35.3. The number of carbonyl (C=O) groups is 8. The van der Waals surface area contributed by atoms with Crippen molar-refractivity contribution >= 4 is 46.9 Å². The maximum Gasteiger partial charge on any atom is 0.246 e. The van der Waals surface area contributed by atoms with Gasteiger partial charge >= 0.3 is 0 Å². The van der Waals surface area contributed by atoms with Crippen LogP contribution in [-0.2, 0) is 76.3 Å². The molecule has 3 N–H and O–H groups in total. The second-order valence-corrected chi connectivity index (χ2v) is 15.0. The van der Waals surface area contributed by atoms with E-state index in [0.29, 0.717) is 65.2 Å². The normalized spacial score (nSPS) is 13.7. The zero-order chi connectivity index (χ0) is 46.2. The van der Waals surface area contributed by atoms with Gasteiger partial charge < -0.3 is 53.8 Å². The van der Waals surface area contributed by atoms with Crippen molar-refractivity contribution < 1.29 is 76.3 Å². The van der Waals surface area contributed by atoms with E-state index < -0.39 is 0 Å². The Morgan fingerprint density at radius 3 is 1.41 bits per heavy atom. The maximum atomic E-state index is 12.1. The SMILES string of the molecule is CC(=O)COCCOCCCC(=O)COCCOCCNC(=O)COCCOCCNC(=O)COCCOCCNC(=O)CCCCCCCCC(=O)CCN1C(=O)CC(C)C1=O. The zero-order valence-electron chi connectivity index (χ0n) is 37.7. The summed E-state index contributed by atoms with van der Waals surface area (Å²) in [5.74, 6) is -1.28. The summed E-state index contributed by atoms with van der Waals surface area (Å²) in [4.78, 5) is 95.5. The average molecular weight is 903 g/mol. The van der Waals surface area contributed by atoms with E-state index in [-0.39, 0.29) is 158 Å². The van der Waals surface area contributed by atoms with Crippen molar-refractivity contribution in [3.63, 3.8) is 0 Å². The Morgan fingerprint density at radius 2 is 0.905 bits per heavy atom. The lowest BCUT2D eigenvalue weighted by Gasteiger charge is -2.13. The number of imide groups is 1. The summed E-state index contributed by atoms with van der Waals surface area (Å²) in [5, 5.41) is 8.16. The maximum absolute atomic E-state index is 12.1. The molecule has 0 aromatic carbocycles. The number of carbonyl (C=O) groups excluding carboxylic acids is 8. The molecule has 0 spiro atoms. The molecule has 1 rings (SSSR count). The van der Waals surface area contributed by atoms with Crippen LogP contribution in [-0.4, -0.2) is 184 Å². The van der Waals surface area contributed by atoms with E-state index in [1.54, 1.807) is 6.92 Å². The van der Waals surface area contributed by atoms with Crippen molar-refractivity contribution in [2.75, 3.05) is 132 Å². The lowest BCUT2D eigenvalue weighted by Crippen LogP contribution is -2.32. The molecule has 1 fully saturated rings. The Hall–Kier alpha value is -3.76. The molecule has 1 atom stereocenters. The standard InChI is InChI=1S/C43H74N4O16/c1-35-30-42(54)47(43(35)55)17-13-37(49)10-7-5-3-4-6-8-12-39(51)44-14-19-57-24-28-62-33-41(53)46-16-21-59-25-29-63-34-40(52)45-15-20-58-23-27-61-32-38(50)11-9-18-56-22-26-60-31-36(2)48/h35H,3-34H2,1-2H3,(H,44,51)(H,45,52)(H,46,53). The van der Waals surface area contributed by atoms with E-state index in [2.05, 4.69) is 16.0 Å². The Balaban J connectivity index is 1.77. The average Bonchev–Trinajstić information content (AvgIpc) is 3.49. The molecule has 20 heteroatoms. The molecule has 1 aliphatic rings. The van der Waals surface area contributed by atoms with E-state index in [0.717, 1.165) is 38.5 Å². The van der Waals surface area contributed by atoms with Gasteiger partial charge in [-0.05, 0) is 26.2 Å². The van der Waals surface area contributed by atoms with E-state index in [9.17, 15) is 38.4 Å². The third-order valence-electron chi connectivity index (χ3n) is 9.17. The van der Waals surface area contributed by atoms with E-state index in [1.807, 2.05) is 0 Å². The predicted octanol–water partition coefficient (Wildman–Crippen LogP) is 0.881. The monoisotopic (exact) mass is 903 g/mol. The highest BCUT2D eigenvalue weighted by Gasteiger charge is 2.35. The molecule has 0 saturated carbocycles. The highest BCUT2D eigenvalue weighted by Crippen LogP contribution is 2.19. The number of ketones is 3. The van der Waals surface area contributed by atoms with Crippen molar-refractivity contribution in [3.05, 3.63) is 0 Å². The zero-order valence-corrected chi connectivity index (χ0v) is 37.7. The molecule has 63 heavy (non-hydrogen) atoms. The first-order chi connectivity index (χ1) is 30.5. The van der Waals surface area contributed by atoms with Gasteiger partial charge in [0.05, 0.1) is 72.7 Å². The van der Waals surface area contributed by atoms with Crippen molar-refractivity contribution in [2.45, 2.75) is 90.9 Å². The van der Waals surface area contributed by atoms with Crippen LogP contribution in [0.25, 0.3) is 0 Å². The number of ether oxygens (including phenoxy) is 8. The highest BCUT2D eigenvalue weighted by atomic mass is 16.5. The molecule has 1 aliphatic heterocycles. The van der Waals surface area contributed by atoms with E-state index in [1.165, 1.54) is 11.8 Å². The van der Waals surface area contributed by atoms with E-state index >= 15 is 0 Å². The molecular weight excluding hydrogens is 828 g/mol. The van der Waals surface area contributed by atoms with Crippen LogP contribution >= 0.6 is 0 Å². The lowest BCUT2D eigenvalue weighted by molar-refractivity contribution is -0.139. The van der Waals surface area contributed by atoms with Crippen LogP contribution in [0.3, 0.4) is 0 Å². The predicted molar refractivity (Wildman–Crippen MR) is 228 cm³/mol. The second kappa shape index (κ2) is 39.8. The van der Waals surface area contributed by atoms with Gasteiger partial charge in [0.2, 0.25) is 29.5 Å². The summed E-state index contributed by atoms with van der Waals surface area (Å²) in [7, 11) is 0. The van der Waals surface area contributed by atoms with Gasteiger partial charge in [0.25, 0.3) is 0 Å². The van der Waals surface area contributed by atoms with Gasteiger partial charge in [-0.1, -0.05) is 32.6 Å². The third-order valence-corrected chi connectivity index (χ3v) is 9.17. The minimum Gasteiger partial charge on any atom is -0.379 e. The molecule has 0 aliphatic carbocycles. The number of Topliss-reactive ketones (excluding diaryl/α,β-unsaturated/α-hetero) is 3. The topological polar surface area (TPSA) is 250 Å². The molecule has 0 bridgehead atoms. The van der Waals surface area contributed by atoms with E-state index in [4.69, 9.17) is 37.9 Å². The molecule has 1 unspecified atom stereocenters. The molecule has 0 radical (unpaired) electrons. The van der Waals surface area contributed by atoms with Gasteiger partial charge in [0.15, 0.2) is 11.6 Å². The van der Waals surface area contributed by atoms with Gasteiger partial charge in [-0.25, -0.2) is 0 Å². The summed E-state index contributed by atoms with van der Waals surface area (Å²) < 4.78 is 42.5. The molecular formula is C43H74N4O16. The first-order valence-electron chi connectivity index (χ1n) is 22.3. The molecule has 1 heterocycles. The first kappa shape index (κ1) is 57.3. The van der Waals surface area contributed by atoms with Gasteiger partial charge in [-0.3, -0.25) is 43.3 Å². The molecule has 362 valence electrons. The van der Waals surface area contributed by atoms with Gasteiger partial charge in [0.1, 0.15) is 32.2 Å². The Kier molecular flexibility index (Phi) is 36.2. The highest BCUT2D eigenvalue weighted by molar-refractivity contribution is 6.03. The fourth-order valence-electron chi connectivity index (χ4n) is 5.79. The smallest absolute Gasteiger partial charge is 0.246 e. The number of amides is 5. The van der Waals surface area contributed by atoms with Crippen LogP contribution in [0.1, 0.15) is 90.9 Å². The quantitative estimate of drug-likeness (QED) is 0.0567. The fraction of sp³-hybridized carbons (Fsp3) is 0.814. The Bertz CT molecular complexity index is 1320. The van der Waals surface area contributed by atoms with Gasteiger partial charge in [0, 0.05) is 70.8 Å². The summed E-state index contributed by atoms with van der Waals surface area (Å²) >= 11 is 0. The molecule has 20 nitrogen and oxygen atoms in total. The molecule has 0 aromatic heterocycles. The largest absolute Gasteiger partial charge is 0.379 e. The Labute approximate surface area is 372 Å². The van der Waals surface area contributed by atoms with Crippen LogP contribution in [0.4, 0.5) is 0 Å². The summed E-state index contributed by atoms with van der Waals surface area (Å²) in [6.07, 6.45) is 7.66. The number of unbranched alkanes of at least 4 members (excludes halogenated alkanes) is 5. The molecule has 1 saturated heterocycles. The number of likely N-dealkylation sites (tertiary alicyclic amines) is 1. The number of rotatable bonds is 45. The number of nitrogens with one attached hydrogen (secondary N) is 3. The van der Waals surface area contributed by atoms with Crippen molar-refractivity contribution in [2.24, 2.45) is 5.92 Å². The second-order valence-electron chi connectivity index (χ2n) is 15.0. The number of nitrogens with zero attached hydrogens (tertiary/aromatic N) is 1. The van der Waals surface area contributed by atoms with Crippen molar-refractivity contribution in [1.29, 1.82) is 0 Å². The van der Waals surface area contributed by atoms with Gasteiger partial charge in [-0.15, -0.1) is 0 Å². The summed E-state index contributed by atoms with van der Waals surface area (Å²) in [6, 6.07) is 0. The summed E-state index contributed by atoms with van der Waals surface area (Å²) in [6.45, 7) is 7.66. The fourth-order valence-corrected chi connectivity index (χ4v) is 5.79. The number of hydrogen-bond donors (Lipinski definition) is 3. The lowest BCUT2D eigenvalue weighted by atomic mass is 10.1. The molecule has 0 aromatic rings. The van der Waals surface area contributed by atoms with Crippen LogP contribution < -0.4 is 16.0 Å². The van der Waals surface area contributed by atoms with Gasteiger partial charge in [-0.2, -0.15) is 0 Å². The number of hydrogen-bond acceptors (Lipinski definition) is 16. The summed E-state index contributed by atoms with van der Waals surface area (Å²) in [5.41, 5.74) is 0. The van der Waals surface area contributed by atoms with Crippen LogP contribution in [0.5, 0.6) is 0 Å². The van der Waals surface area contributed by atoms with Crippen LogP contribution in [0, 0.1) is 5.92 Å². The molecule has 5 amide bonds. The minimum atomic E-state index is -0.296. The van der Waals surface area contributed by atoms with Crippen LogP contribution in [0.2, 0.25) is 0 Å². The van der Waals surface area contributed by atoms with Crippen LogP contribution in [0.15, 0.2) is 0 Å². The first-order valence-corrected chi connectivity index (χ1v) is 22.3.